The molecule has 15 nitrogen and oxygen atoms in total. The monoisotopic (exact) mass is 742 g/mol. The van der Waals surface area contributed by atoms with E-state index in [4.69, 9.17) is 0 Å². The van der Waals surface area contributed by atoms with Crippen molar-refractivity contribution in [2.75, 3.05) is 10.6 Å². The Morgan fingerprint density at radius 2 is 0.923 bits per heavy atom. The van der Waals surface area contributed by atoms with Crippen LogP contribution in [0.15, 0.2) is 117 Å². The highest BCUT2D eigenvalue weighted by atomic mass is 32.2. The average molecular weight is 743 g/mol. The number of benzene rings is 4. The summed E-state index contributed by atoms with van der Waals surface area (Å²) in [5.74, 6) is -1.97. The van der Waals surface area contributed by atoms with E-state index >= 15 is 0 Å². The predicted octanol–water partition coefficient (Wildman–Crippen LogP) is 4.66. The van der Waals surface area contributed by atoms with Crippen molar-refractivity contribution in [2.24, 2.45) is 9.98 Å². The van der Waals surface area contributed by atoms with Gasteiger partial charge in [-0.05, 0) is 73.5 Å². The second kappa shape index (κ2) is 13.8. The van der Waals surface area contributed by atoms with Crippen LogP contribution in [0.25, 0.3) is 0 Å². The molecule has 2 aliphatic carbocycles. The van der Waals surface area contributed by atoms with Gasteiger partial charge in [-0.25, -0.2) is 14.8 Å². The minimum absolute atomic E-state index is 0.00903. The Labute approximate surface area is 295 Å². The van der Waals surface area contributed by atoms with Gasteiger partial charge in [0, 0.05) is 44.8 Å². The van der Waals surface area contributed by atoms with Crippen LogP contribution in [0.3, 0.4) is 0 Å². The van der Waals surface area contributed by atoms with Gasteiger partial charge in [-0.3, -0.25) is 18.7 Å². The van der Waals surface area contributed by atoms with Gasteiger partial charge in [0.25, 0.3) is 32.1 Å². The van der Waals surface area contributed by atoms with Crippen molar-refractivity contribution in [1.29, 1.82) is 0 Å². The van der Waals surface area contributed by atoms with Gasteiger partial charge in [0.2, 0.25) is 0 Å². The highest BCUT2D eigenvalue weighted by Crippen LogP contribution is 2.32. The third-order valence-electron chi connectivity index (χ3n) is 8.02. The van der Waals surface area contributed by atoms with Gasteiger partial charge in [-0.1, -0.05) is 36.4 Å². The van der Waals surface area contributed by atoms with Crippen molar-refractivity contribution >= 4 is 60.9 Å². The Hall–Kier alpha value is -6.27. The highest BCUT2D eigenvalue weighted by molar-refractivity contribution is 7.91. The van der Waals surface area contributed by atoms with E-state index in [-0.39, 0.29) is 69.4 Å². The Bertz CT molecular complexity index is 2350. The normalized spacial score (nSPS) is 15.6. The summed E-state index contributed by atoms with van der Waals surface area (Å²) in [4.78, 5) is 45.5. The van der Waals surface area contributed by atoms with Crippen LogP contribution in [0.5, 0.6) is 11.5 Å². The summed E-state index contributed by atoms with van der Waals surface area (Å²) in [6.45, 7) is 0. The molecular formula is C35H26N4O11S2. The number of aromatic hydroxyl groups is 2. The molecule has 6 N–H and O–H groups in total. The first-order valence-electron chi connectivity index (χ1n) is 15.1. The van der Waals surface area contributed by atoms with E-state index in [0.29, 0.717) is 11.1 Å². The maximum absolute atomic E-state index is 13.0. The molecule has 2 aliphatic rings. The van der Waals surface area contributed by atoms with Gasteiger partial charge in [-0.2, -0.15) is 16.8 Å². The molecule has 0 saturated carbocycles. The molecule has 4 aromatic rings. The summed E-state index contributed by atoms with van der Waals surface area (Å²) in [6.07, 6.45) is 2.28. The van der Waals surface area contributed by atoms with Gasteiger partial charge in [0.15, 0.2) is 0 Å². The van der Waals surface area contributed by atoms with Crippen LogP contribution in [0.2, 0.25) is 0 Å². The summed E-state index contributed by atoms with van der Waals surface area (Å²) in [7, 11) is -9.51. The maximum atomic E-state index is 13.0. The number of anilines is 2. The minimum atomic E-state index is -4.75. The van der Waals surface area contributed by atoms with E-state index in [0.717, 1.165) is 12.2 Å². The molecule has 17 heteroatoms. The fraction of sp³-hybridized carbons (Fsp3) is 0.0571. The number of phenols is 2. The zero-order chi connectivity index (χ0) is 37.4. The number of nitrogens with one attached hydrogen (secondary N) is 2. The lowest BCUT2D eigenvalue weighted by Gasteiger charge is -2.18. The molecule has 4 amide bonds. The molecule has 0 bridgehead atoms. The van der Waals surface area contributed by atoms with Crippen LogP contribution in [0.1, 0.15) is 43.0 Å². The van der Waals surface area contributed by atoms with Crippen molar-refractivity contribution in [3.63, 3.8) is 0 Å². The predicted molar refractivity (Wildman–Crippen MR) is 190 cm³/mol. The van der Waals surface area contributed by atoms with Crippen molar-refractivity contribution in [3.8, 4) is 11.5 Å². The highest BCUT2D eigenvalue weighted by Gasteiger charge is 2.30. The quantitative estimate of drug-likeness (QED) is 0.148. The summed E-state index contributed by atoms with van der Waals surface area (Å²) in [5.41, 5.74) is 0.926. The first-order valence-corrected chi connectivity index (χ1v) is 18.0. The van der Waals surface area contributed by atoms with E-state index in [2.05, 4.69) is 20.6 Å². The fourth-order valence-electron chi connectivity index (χ4n) is 5.57. The number of urea groups is 1. The molecule has 4 aromatic carbocycles. The van der Waals surface area contributed by atoms with Crippen LogP contribution >= 0.6 is 0 Å². The number of hydrogen-bond acceptors (Lipinski definition) is 9. The molecule has 0 fully saturated rings. The molecule has 52 heavy (non-hydrogen) atoms. The van der Waals surface area contributed by atoms with Gasteiger partial charge < -0.3 is 20.8 Å². The van der Waals surface area contributed by atoms with Crippen LogP contribution in [0.4, 0.5) is 16.2 Å². The van der Waals surface area contributed by atoms with Gasteiger partial charge in [0.05, 0.1) is 11.4 Å². The second-order valence-corrected chi connectivity index (χ2v) is 14.1. The fourth-order valence-corrected chi connectivity index (χ4v) is 6.96. The van der Waals surface area contributed by atoms with Gasteiger partial charge in [0.1, 0.15) is 21.3 Å². The molecule has 0 saturated heterocycles. The van der Waals surface area contributed by atoms with Crippen molar-refractivity contribution in [2.45, 2.75) is 12.8 Å². The summed E-state index contributed by atoms with van der Waals surface area (Å²) in [6, 6.07) is 18.9. The van der Waals surface area contributed by atoms with E-state index in [1.807, 2.05) is 0 Å². The van der Waals surface area contributed by atoms with E-state index in [9.17, 15) is 50.5 Å². The Morgan fingerprint density at radius 3 is 1.27 bits per heavy atom. The summed E-state index contributed by atoms with van der Waals surface area (Å²) in [5, 5.41) is 25.5. The first-order chi connectivity index (χ1) is 24.6. The molecule has 0 aliphatic heterocycles. The van der Waals surface area contributed by atoms with E-state index in [1.54, 1.807) is 0 Å². The molecule has 0 atom stereocenters. The number of phenolic OH excluding ortho intramolecular Hbond substituents is 2. The number of allylic oxidation sites excluding steroid dienone is 4. The zero-order valence-electron chi connectivity index (χ0n) is 26.5. The number of nitrogens with zero attached hydrogens (tertiary/aromatic N) is 2. The van der Waals surface area contributed by atoms with Crippen molar-refractivity contribution in [3.05, 3.63) is 140 Å². The Morgan fingerprint density at radius 1 is 0.558 bits per heavy atom. The molecule has 264 valence electrons. The van der Waals surface area contributed by atoms with Crippen molar-refractivity contribution in [1.82, 2.24) is 0 Å². The SMILES string of the molecule is O=C(Nc1ccc(C(=O)N=C2C(S(=O)(=O)O)=CCc3c(O)cccc32)cc1)Nc1ccc(C(=O)N=C2C(S(=O)(=O)O)=CCc3c(O)cccc32)cc1. The van der Waals surface area contributed by atoms with Crippen LogP contribution in [-0.4, -0.2) is 65.4 Å². The Balaban J connectivity index is 1.13. The first kappa shape index (κ1) is 35.6. The lowest BCUT2D eigenvalue weighted by molar-refractivity contribution is 0.0994. The lowest BCUT2D eigenvalue weighted by atomic mass is 9.94. The second-order valence-electron chi connectivity index (χ2n) is 11.4. The topological polar surface area (TPSA) is 249 Å². The molecule has 0 unspecified atom stereocenters. The number of hydrogen-bond donors (Lipinski definition) is 6. The smallest absolute Gasteiger partial charge is 0.323 e. The summed E-state index contributed by atoms with van der Waals surface area (Å²) >= 11 is 0. The van der Waals surface area contributed by atoms with Gasteiger partial charge >= 0.3 is 6.03 Å². The maximum Gasteiger partial charge on any atom is 0.323 e. The third-order valence-corrected chi connectivity index (χ3v) is 9.86. The van der Waals surface area contributed by atoms with Crippen LogP contribution < -0.4 is 10.6 Å². The van der Waals surface area contributed by atoms with Crippen LogP contribution in [-0.2, 0) is 33.1 Å². The molecule has 0 radical (unpaired) electrons. The zero-order valence-corrected chi connectivity index (χ0v) is 28.1. The molecule has 0 heterocycles. The van der Waals surface area contributed by atoms with Gasteiger partial charge in [-0.15, -0.1) is 0 Å². The van der Waals surface area contributed by atoms with Crippen LogP contribution in [0, 0.1) is 0 Å². The molecular weight excluding hydrogens is 717 g/mol. The van der Waals surface area contributed by atoms with E-state index in [1.165, 1.54) is 84.9 Å². The largest absolute Gasteiger partial charge is 0.508 e. The average Bonchev–Trinajstić information content (AvgIpc) is 3.08. The van der Waals surface area contributed by atoms with E-state index < -0.39 is 47.9 Å². The molecule has 0 aromatic heterocycles. The molecule has 0 spiro atoms. The third kappa shape index (κ3) is 7.42. The number of carbonyl (C=O) groups excluding carboxylic acids is 3. The number of rotatable bonds is 6. The Kier molecular flexibility index (Phi) is 9.44. The molecule has 6 rings (SSSR count). The van der Waals surface area contributed by atoms with Crippen molar-refractivity contribution < 1.29 is 50.5 Å². The summed E-state index contributed by atoms with van der Waals surface area (Å²) < 4.78 is 67.6. The number of aliphatic imine (C=N–C) groups is 2. The number of amides is 4. The number of fused-ring (bicyclic) bond motifs is 2. The standard InChI is InChI=1S/C35H26N4O11S2/c40-27-5-1-3-25-23(27)15-17-29(51(45,46)47)31(25)38-33(42)19-7-11-21(12-8-19)36-35(44)37-22-13-9-20(10-14-22)34(43)39-32-26-4-2-6-28(41)24(26)16-18-30(32)52(48,49)50/h1-14,17-18,40-41H,15-16H2,(H2,36,37,44)(H,45,46,47)(H,48,49,50). The minimum Gasteiger partial charge on any atom is -0.508 e. The number of carbonyl (C=O) groups is 3. The lowest BCUT2D eigenvalue weighted by Crippen LogP contribution is -2.21.